The molecule has 0 bridgehead atoms. The van der Waals surface area contributed by atoms with Crippen molar-refractivity contribution >= 4 is 21.6 Å². The molecule has 0 fully saturated rings. The van der Waals surface area contributed by atoms with Crippen LogP contribution in [0.5, 0.6) is 5.75 Å². The Balaban J connectivity index is 2.85. The van der Waals surface area contributed by atoms with Gasteiger partial charge in [-0.3, -0.25) is 0 Å². The summed E-state index contributed by atoms with van der Waals surface area (Å²) in [5.74, 6) is 0.425. The molecule has 1 atom stereocenters. The lowest BCUT2D eigenvalue weighted by atomic mass is 10.2. The summed E-state index contributed by atoms with van der Waals surface area (Å²) in [5, 5.41) is 8.96. The number of sulfonamides is 1. The highest BCUT2D eigenvalue weighted by Crippen LogP contribution is 2.26. The van der Waals surface area contributed by atoms with E-state index in [1.807, 2.05) is 0 Å². The average Bonchev–Trinajstić information content (AvgIpc) is 2.35. The van der Waals surface area contributed by atoms with Crippen molar-refractivity contribution in [3.8, 4) is 5.75 Å². The summed E-state index contributed by atoms with van der Waals surface area (Å²) in [5.41, 5.74) is 0. The molecule has 0 aliphatic rings. The fourth-order valence-corrected chi connectivity index (χ4v) is 3.23. The summed E-state index contributed by atoms with van der Waals surface area (Å²) in [4.78, 5) is 0.0918. The summed E-state index contributed by atoms with van der Waals surface area (Å²) < 4.78 is 31.7. The molecule has 0 aliphatic heterocycles. The van der Waals surface area contributed by atoms with E-state index in [1.165, 1.54) is 25.3 Å². The first-order valence-electron chi connectivity index (χ1n) is 5.87. The van der Waals surface area contributed by atoms with Gasteiger partial charge >= 0.3 is 0 Å². The fourth-order valence-electron chi connectivity index (χ4n) is 1.60. The normalized spacial score (nSPS) is 13.3. The number of halogens is 1. The van der Waals surface area contributed by atoms with Crippen molar-refractivity contribution in [2.75, 3.05) is 13.7 Å². The fraction of sp³-hybridized carbons (Fsp3) is 0.500. The number of aliphatic hydroxyl groups excluding tert-OH is 1. The van der Waals surface area contributed by atoms with Gasteiger partial charge in [-0.05, 0) is 38.0 Å². The molecule has 0 spiro atoms. The van der Waals surface area contributed by atoms with Crippen LogP contribution in [0, 0.1) is 0 Å². The summed E-state index contributed by atoms with van der Waals surface area (Å²) in [6.07, 6.45) is 1.12. The number of benzene rings is 1. The minimum Gasteiger partial charge on any atom is -0.495 e. The van der Waals surface area contributed by atoms with Crippen LogP contribution in [0.4, 0.5) is 0 Å². The monoisotopic (exact) mass is 307 g/mol. The van der Waals surface area contributed by atoms with Gasteiger partial charge in [0.25, 0.3) is 0 Å². The first-order chi connectivity index (χ1) is 8.90. The molecule has 0 radical (unpaired) electrons. The Labute approximate surface area is 118 Å². The van der Waals surface area contributed by atoms with Gasteiger partial charge in [0.2, 0.25) is 10.0 Å². The number of hydrogen-bond donors (Lipinski definition) is 2. The predicted molar refractivity (Wildman–Crippen MR) is 74.1 cm³/mol. The molecule has 0 heterocycles. The third-order valence-corrected chi connectivity index (χ3v) is 4.47. The van der Waals surface area contributed by atoms with Gasteiger partial charge in [0.1, 0.15) is 5.75 Å². The van der Waals surface area contributed by atoms with Crippen LogP contribution in [0.3, 0.4) is 0 Å². The average molecular weight is 308 g/mol. The van der Waals surface area contributed by atoms with Gasteiger partial charge in [-0.15, -0.1) is 0 Å². The van der Waals surface area contributed by atoms with Crippen LogP contribution in [0.15, 0.2) is 23.1 Å². The van der Waals surface area contributed by atoms with Crippen LogP contribution < -0.4 is 9.46 Å². The van der Waals surface area contributed by atoms with Crippen molar-refractivity contribution in [2.45, 2.75) is 30.7 Å². The van der Waals surface area contributed by atoms with E-state index >= 15 is 0 Å². The minimum atomic E-state index is -3.61. The molecule has 108 valence electrons. The minimum absolute atomic E-state index is 0.0421. The van der Waals surface area contributed by atoms with E-state index in [2.05, 4.69) is 4.72 Å². The summed E-state index contributed by atoms with van der Waals surface area (Å²) in [6.45, 7) is 1.79. The Morgan fingerprint density at radius 2 is 2.16 bits per heavy atom. The maximum absolute atomic E-state index is 12.1. The van der Waals surface area contributed by atoms with Gasteiger partial charge in [-0.2, -0.15) is 0 Å². The first kappa shape index (κ1) is 16.2. The lowest BCUT2D eigenvalue weighted by Gasteiger charge is -2.14. The van der Waals surface area contributed by atoms with Crippen molar-refractivity contribution in [1.29, 1.82) is 0 Å². The van der Waals surface area contributed by atoms with Crippen molar-refractivity contribution < 1.29 is 18.3 Å². The Morgan fingerprint density at radius 3 is 2.68 bits per heavy atom. The SMILES string of the molecule is COc1ccc(S(=O)(=O)NC(C)CCCO)cc1Cl. The molecular weight excluding hydrogens is 290 g/mol. The van der Waals surface area contributed by atoms with E-state index < -0.39 is 10.0 Å². The standard InChI is InChI=1S/C12H18ClNO4S/c1-9(4-3-7-15)14-19(16,17)10-5-6-12(18-2)11(13)8-10/h5-6,8-9,14-15H,3-4,7H2,1-2H3. The van der Waals surface area contributed by atoms with Crippen LogP contribution >= 0.6 is 11.6 Å². The number of rotatable bonds is 7. The Bertz CT molecular complexity index is 518. The second-order valence-electron chi connectivity index (χ2n) is 4.18. The molecule has 1 rings (SSSR count). The van der Waals surface area contributed by atoms with Crippen molar-refractivity contribution in [2.24, 2.45) is 0 Å². The third kappa shape index (κ3) is 4.65. The lowest BCUT2D eigenvalue weighted by molar-refractivity contribution is 0.279. The zero-order chi connectivity index (χ0) is 14.5. The molecule has 2 N–H and O–H groups in total. The van der Waals surface area contributed by atoms with E-state index in [0.717, 1.165) is 0 Å². The first-order valence-corrected chi connectivity index (χ1v) is 7.73. The van der Waals surface area contributed by atoms with Gasteiger partial charge in [-0.25, -0.2) is 13.1 Å². The topological polar surface area (TPSA) is 75.6 Å². The van der Waals surface area contributed by atoms with Gasteiger partial charge in [0.15, 0.2) is 0 Å². The summed E-state index contributed by atoms with van der Waals surface area (Å²) >= 11 is 5.91. The van der Waals surface area contributed by atoms with Crippen LogP contribution in [0.25, 0.3) is 0 Å². The molecule has 0 saturated heterocycles. The molecule has 0 saturated carbocycles. The second-order valence-corrected chi connectivity index (χ2v) is 6.31. The van der Waals surface area contributed by atoms with Gasteiger partial charge in [0, 0.05) is 12.6 Å². The molecule has 0 aromatic heterocycles. The third-order valence-electron chi connectivity index (χ3n) is 2.59. The maximum Gasteiger partial charge on any atom is 0.240 e. The van der Waals surface area contributed by atoms with Crippen LogP contribution in [-0.2, 0) is 10.0 Å². The van der Waals surface area contributed by atoms with E-state index in [1.54, 1.807) is 6.92 Å². The highest BCUT2D eigenvalue weighted by molar-refractivity contribution is 7.89. The van der Waals surface area contributed by atoms with Crippen LogP contribution in [0.1, 0.15) is 19.8 Å². The van der Waals surface area contributed by atoms with E-state index in [4.69, 9.17) is 21.4 Å². The van der Waals surface area contributed by atoms with Crippen LogP contribution in [0.2, 0.25) is 5.02 Å². The lowest BCUT2D eigenvalue weighted by Crippen LogP contribution is -2.32. The molecule has 0 amide bonds. The zero-order valence-corrected chi connectivity index (χ0v) is 12.5. The largest absolute Gasteiger partial charge is 0.495 e. The van der Waals surface area contributed by atoms with Crippen LogP contribution in [-0.4, -0.2) is 33.3 Å². The number of hydrogen-bond acceptors (Lipinski definition) is 4. The molecule has 1 unspecified atom stereocenters. The molecule has 7 heteroatoms. The highest BCUT2D eigenvalue weighted by Gasteiger charge is 2.18. The number of nitrogens with one attached hydrogen (secondary N) is 1. The number of aliphatic hydroxyl groups is 1. The quantitative estimate of drug-likeness (QED) is 0.805. The van der Waals surface area contributed by atoms with Gasteiger partial charge < -0.3 is 9.84 Å². The van der Waals surface area contributed by atoms with Gasteiger partial charge in [0.05, 0.1) is 17.0 Å². The number of ether oxygens (including phenoxy) is 1. The second kappa shape index (κ2) is 7.09. The van der Waals surface area contributed by atoms with E-state index in [9.17, 15) is 8.42 Å². The van der Waals surface area contributed by atoms with E-state index in [0.29, 0.717) is 18.6 Å². The molecular formula is C12H18ClNO4S. The molecule has 5 nitrogen and oxygen atoms in total. The van der Waals surface area contributed by atoms with E-state index in [-0.39, 0.29) is 22.6 Å². The van der Waals surface area contributed by atoms with Crippen molar-refractivity contribution in [3.05, 3.63) is 23.2 Å². The highest BCUT2D eigenvalue weighted by atomic mass is 35.5. The maximum atomic E-state index is 12.1. The van der Waals surface area contributed by atoms with Crippen molar-refractivity contribution in [3.63, 3.8) is 0 Å². The molecule has 1 aromatic carbocycles. The Hall–Kier alpha value is -0.820. The zero-order valence-electron chi connectivity index (χ0n) is 10.9. The summed E-state index contributed by atoms with van der Waals surface area (Å²) in [7, 11) is -2.15. The van der Waals surface area contributed by atoms with Crippen molar-refractivity contribution in [1.82, 2.24) is 4.72 Å². The Morgan fingerprint density at radius 1 is 1.47 bits per heavy atom. The Kier molecular flexibility index (Phi) is 6.06. The number of methoxy groups -OCH3 is 1. The molecule has 1 aromatic rings. The smallest absolute Gasteiger partial charge is 0.240 e. The molecule has 19 heavy (non-hydrogen) atoms. The van der Waals surface area contributed by atoms with Gasteiger partial charge in [-0.1, -0.05) is 11.6 Å². The predicted octanol–water partition coefficient (Wildman–Crippen LogP) is 1.79. The molecule has 0 aliphatic carbocycles. The summed E-state index contributed by atoms with van der Waals surface area (Å²) in [6, 6.07) is 4.04.